The van der Waals surface area contributed by atoms with E-state index < -0.39 is 0 Å². The Balaban J connectivity index is 1.58. The molecule has 1 N–H and O–H groups in total. The molecule has 1 atom stereocenters. The fraction of sp³-hybridized carbons (Fsp3) is 0.333. The van der Waals surface area contributed by atoms with Crippen molar-refractivity contribution in [2.24, 2.45) is 0 Å². The molecule has 110 valence electrons. The molecule has 0 bridgehead atoms. The number of carbonyl (C=O) groups is 1. The molecule has 1 aromatic carbocycles. The zero-order valence-electron chi connectivity index (χ0n) is 11.7. The first-order valence-corrected chi connectivity index (χ1v) is 8.65. The molecule has 0 saturated carbocycles. The molecule has 1 aromatic heterocycles. The van der Waals surface area contributed by atoms with Gasteiger partial charge in [-0.25, -0.2) is 4.98 Å². The van der Waals surface area contributed by atoms with Crippen LogP contribution in [0.25, 0.3) is 0 Å². The van der Waals surface area contributed by atoms with Crippen molar-refractivity contribution in [3.63, 3.8) is 0 Å². The first kappa shape index (κ1) is 14.4. The monoisotopic (exact) mass is 320 g/mol. The molecule has 6 heteroatoms. The number of benzene rings is 1. The zero-order chi connectivity index (χ0) is 14.7. The number of para-hydroxylation sites is 1. The van der Waals surface area contributed by atoms with Crippen LogP contribution in [0.15, 0.2) is 34.0 Å². The molecular weight excluding hydrogens is 304 g/mol. The number of hydrogen-bond donors (Lipinski definition) is 1. The lowest BCUT2D eigenvalue weighted by molar-refractivity contribution is -0.119. The van der Waals surface area contributed by atoms with Gasteiger partial charge in [0, 0.05) is 23.1 Å². The van der Waals surface area contributed by atoms with Gasteiger partial charge in [0.2, 0.25) is 5.91 Å². The SMILES string of the molecule is Cc1csc(SCC(=O)NC2CCOc3ccccc32)n1. The van der Waals surface area contributed by atoms with Gasteiger partial charge in [-0.05, 0) is 13.0 Å². The van der Waals surface area contributed by atoms with Gasteiger partial charge in [-0.1, -0.05) is 30.0 Å². The number of carbonyl (C=O) groups excluding carboxylic acids is 1. The molecule has 0 fully saturated rings. The molecule has 21 heavy (non-hydrogen) atoms. The molecule has 1 aliphatic rings. The van der Waals surface area contributed by atoms with Gasteiger partial charge >= 0.3 is 0 Å². The van der Waals surface area contributed by atoms with Gasteiger partial charge < -0.3 is 10.1 Å². The number of hydrogen-bond acceptors (Lipinski definition) is 5. The van der Waals surface area contributed by atoms with E-state index in [2.05, 4.69) is 10.3 Å². The molecule has 3 rings (SSSR count). The average Bonchev–Trinajstić information content (AvgIpc) is 2.91. The molecule has 0 saturated heterocycles. The minimum Gasteiger partial charge on any atom is -0.493 e. The van der Waals surface area contributed by atoms with Crippen LogP contribution in [0.4, 0.5) is 0 Å². The van der Waals surface area contributed by atoms with Gasteiger partial charge in [-0.3, -0.25) is 4.79 Å². The van der Waals surface area contributed by atoms with E-state index in [-0.39, 0.29) is 11.9 Å². The molecule has 1 aliphatic heterocycles. The second-order valence-electron chi connectivity index (χ2n) is 4.84. The second kappa shape index (κ2) is 6.49. The smallest absolute Gasteiger partial charge is 0.230 e. The van der Waals surface area contributed by atoms with Crippen molar-refractivity contribution < 1.29 is 9.53 Å². The van der Waals surface area contributed by atoms with Crippen molar-refractivity contribution >= 4 is 29.0 Å². The van der Waals surface area contributed by atoms with Crippen molar-refractivity contribution in [2.75, 3.05) is 12.4 Å². The molecule has 1 unspecified atom stereocenters. The van der Waals surface area contributed by atoms with E-state index in [4.69, 9.17) is 4.74 Å². The Morgan fingerprint density at radius 3 is 3.19 bits per heavy atom. The van der Waals surface area contributed by atoms with Gasteiger partial charge in [0.15, 0.2) is 4.34 Å². The second-order valence-corrected chi connectivity index (χ2v) is 6.92. The molecule has 2 aromatic rings. The van der Waals surface area contributed by atoms with E-state index in [0.717, 1.165) is 27.8 Å². The highest BCUT2D eigenvalue weighted by atomic mass is 32.2. The third kappa shape index (κ3) is 3.57. The highest BCUT2D eigenvalue weighted by Crippen LogP contribution is 2.31. The Morgan fingerprint density at radius 2 is 2.38 bits per heavy atom. The quantitative estimate of drug-likeness (QED) is 0.879. The predicted octanol–water partition coefficient (Wildman–Crippen LogP) is 3.18. The van der Waals surface area contributed by atoms with Crippen LogP contribution in [-0.2, 0) is 4.79 Å². The minimum absolute atomic E-state index is 0.0366. The first-order chi connectivity index (χ1) is 10.2. The zero-order valence-corrected chi connectivity index (χ0v) is 13.3. The topological polar surface area (TPSA) is 51.2 Å². The molecule has 0 aliphatic carbocycles. The standard InChI is InChI=1S/C15H16N2O2S2/c1-10-8-20-15(16-10)21-9-14(18)17-12-6-7-19-13-5-3-2-4-11(12)13/h2-5,8,12H,6-7,9H2,1H3,(H,17,18). The molecular formula is C15H16N2O2S2. The Bertz CT molecular complexity index is 642. The largest absolute Gasteiger partial charge is 0.493 e. The number of nitrogens with zero attached hydrogens (tertiary/aromatic N) is 1. The molecule has 4 nitrogen and oxygen atoms in total. The van der Waals surface area contributed by atoms with Crippen molar-refractivity contribution in [1.82, 2.24) is 10.3 Å². The maximum Gasteiger partial charge on any atom is 0.230 e. The summed E-state index contributed by atoms with van der Waals surface area (Å²) in [7, 11) is 0. The average molecular weight is 320 g/mol. The number of nitrogens with one attached hydrogen (secondary N) is 1. The van der Waals surface area contributed by atoms with E-state index in [9.17, 15) is 4.79 Å². The highest BCUT2D eigenvalue weighted by Gasteiger charge is 2.22. The number of aryl methyl sites for hydroxylation is 1. The number of aromatic nitrogens is 1. The van der Waals surface area contributed by atoms with Crippen molar-refractivity contribution in [3.05, 3.63) is 40.9 Å². The summed E-state index contributed by atoms with van der Waals surface area (Å²) in [6, 6.07) is 7.92. The Hall–Kier alpha value is -1.53. The summed E-state index contributed by atoms with van der Waals surface area (Å²) >= 11 is 3.06. The van der Waals surface area contributed by atoms with Crippen LogP contribution in [0.3, 0.4) is 0 Å². The minimum atomic E-state index is 0.0366. The first-order valence-electron chi connectivity index (χ1n) is 6.78. The van der Waals surface area contributed by atoms with Crippen LogP contribution in [0.2, 0.25) is 0 Å². The summed E-state index contributed by atoms with van der Waals surface area (Å²) in [5.74, 6) is 1.30. The van der Waals surface area contributed by atoms with Crippen molar-refractivity contribution in [1.29, 1.82) is 0 Å². The number of thiazole rings is 1. The van der Waals surface area contributed by atoms with Crippen molar-refractivity contribution in [2.45, 2.75) is 23.7 Å². The summed E-state index contributed by atoms with van der Waals surface area (Å²) in [4.78, 5) is 16.5. The van der Waals surface area contributed by atoms with Crippen LogP contribution >= 0.6 is 23.1 Å². The van der Waals surface area contributed by atoms with E-state index in [0.29, 0.717) is 12.4 Å². The van der Waals surface area contributed by atoms with Gasteiger partial charge in [0.05, 0.1) is 18.4 Å². The summed E-state index contributed by atoms with van der Waals surface area (Å²) in [5, 5.41) is 5.08. The Labute approximate surface area is 131 Å². The number of thioether (sulfide) groups is 1. The summed E-state index contributed by atoms with van der Waals surface area (Å²) in [6.07, 6.45) is 0.809. The van der Waals surface area contributed by atoms with Gasteiger partial charge in [0.25, 0.3) is 0 Å². The number of ether oxygens (including phenoxy) is 1. The van der Waals surface area contributed by atoms with Crippen LogP contribution in [-0.4, -0.2) is 23.3 Å². The molecule has 1 amide bonds. The molecule has 2 heterocycles. The van der Waals surface area contributed by atoms with Gasteiger partial charge in [-0.15, -0.1) is 11.3 Å². The number of rotatable bonds is 4. The van der Waals surface area contributed by atoms with Crippen LogP contribution < -0.4 is 10.1 Å². The summed E-state index contributed by atoms with van der Waals surface area (Å²) in [5.41, 5.74) is 2.06. The van der Waals surface area contributed by atoms with Gasteiger partial charge in [-0.2, -0.15) is 0 Å². The lowest BCUT2D eigenvalue weighted by atomic mass is 10.0. The highest BCUT2D eigenvalue weighted by molar-refractivity contribution is 8.01. The predicted molar refractivity (Wildman–Crippen MR) is 85.0 cm³/mol. The summed E-state index contributed by atoms with van der Waals surface area (Å²) < 4.78 is 6.54. The number of amides is 1. The lowest BCUT2D eigenvalue weighted by Gasteiger charge is -2.26. The molecule has 0 radical (unpaired) electrons. The Kier molecular flexibility index (Phi) is 4.45. The maximum absolute atomic E-state index is 12.1. The van der Waals surface area contributed by atoms with E-state index in [1.807, 2.05) is 36.6 Å². The van der Waals surface area contributed by atoms with Crippen molar-refractivity contribution in [3.8, 4) is 5.75 Å². The third-order valence-corrected chi connectivity index (χ3v) is 5.36. The summed E-state index contributed by atoms with van der Waals surface area (Å²) in [6.45, 7) is 2.60. The maximum atomic E-state index is 12.1. The van der Waals surface area contributed by atoms with Gasteiger partial charge in [0.1, 0.15) is 5.75 Å². The van der Waals surface area contributed by atoms with E-state index in [1.165, 1.54) is 11.8 Å². The lowest BCUT2D eigenvalue weighted by Crippen LogP contribution is -2.33. The number of fused-ring (bicyclic) bond motifs is 1. The fourth-order valence-electron chi connectivity index (χ4n) is 2.25. The Morgan fingerprint density at radius 1 is 1.52 bits per heavy atom. The van der Waals surface area contributed by atoms with E-state index >= 15 is 0 Å². The molecule has 0 spiro atoms. The van der Waals surface area contributed by atoms with Crippen LogP contribution in [0.5, 0.6) is 5.75 Å². The van der Waals surface area contributed by atoms with E-state index in [1.54, 1.807) is 11.3 Å². The van der Waals surface area contributed by atoms with Crippen LogP contribution in [0, 0.1) is 6.92 Å². The fourth-order valence-corrected chi connectivity index (χ4v) is 3.91. The van der Waals surface area contributed by atoms with Crippen LogP contribution in [0.1, 0.15) is 23.7 Å². The normalized spacial score (nSPS) is 16.9. The third-order valence-electron chi connectivity index (χ3n) is 3.22.